The van der Waals surface area contributed by atoms with Crippen molar-refractivity contribution in [3.05, 3.63) is 34.6 Å². The highest BCUT2D eigenvalue weighted by Gasteiger charge is 2.24. The Hall–Kier alpha value is -1.61. The van der Waals surface area contributed by atoms with Crippen molar-refractivity contribution < 1.29 is 26.7 Å². The number of hydrogen-bond donors (Lipinski definition) is 0. The summed E-state index contributed by atoms with van der Waals surface area (Å²) in [6.07, 6.45) is 9.79. The summed E-state index contributed by atoms with van der Waals surface area (Å²) in [5, 5.41) is 0. The molecule has 1 nitrogen and oxygen atoms in total. The summed E-state index contributed by atoms with van der Waals surface area (Å²) in [6.45, 7) is 3.74. The quantitative estimate of drug-likeness (QED) is 0.127. The molecular formula is C21H27F5O. The van der Waals surface area contributed by atoms with E-state index >= 15 is 0 Å². The lowest BCUT2D eigenvalue weighted by molar-refractivity contribution is 0.130. The van der Waals surface area contributed by atoms with E-state index in [0.29, 0.717) is 6.42 Å². The molecule has 0 atom stereocenters. The van der Waals surface area contributed by atoms with Gasteiger partial charge >= 0.3 is 0 Å². The van der Waals surface area contributed by atoms with E-state index in [2.05, 4.69) is 18.8 Å². The van der Waals surface area contributed by atoms with Gasteiger partial charge in [-0.25, -0.2) is 22.0 Å². The Bertz CT molecular complexity index is 605. The Kier molecular flexibility index (Phi) is 11.8. The lowest BCUT2D eigenvalue weighted by Crippen LogP contribution is -2.04. The van der Waals surface area contributed by atoms with Crippen molar-refractivity contribution in [3.8, 4) is 11.8 Å². The Morgan fingerprint density at radius 3 is 1.67 bits per heavy atom. The SMILES string of the molecule is CCCOCCCCCCCCCCC#Cc1c(F)c(F)c(F)c(F)c1F. The zero-order valence-electron chi connectivity index (χ0n) is 15.8. The molecule has 0 fully saturated rings. The third-order valence-electron chi connectivity index (χ3n) is 4.11. The Morgan fingerprint density at radius 2 is 1.11 bits per heavy atom. The van der Waals surface area contributed by atoms with Crippen LogP contribution in [0.4, 0.5) is 22.0 Å². The van der Waals surface area contributed by atoms with Crippen LogP contribution >= 0.6 is 0 Å². The van der Waals surface area contributed by atoms with Crippen LogP contribution in [0.5, 0.6) is 0 Å². The molecule has 0 unspecified atom stereocenters. The second-order valence-corrected chi connectivity index (χ2v) is 6.44. The summed E-state index contributed by atoms with van der Waals surface area (Å²) in [7, 11) is 0. The van der Waals surface area contributed by atoms with Gasteiger partial charge in [-0.1, -0.05) is 57.3 Å². The largest absolute Gasteiger partial charge is 0.381 e. The van der Waals surface area contributed by atoms with E-state index in [-0.39, 0.29) is 0 Å². The number of rotatable bonds is 12. The zero-order chi connectivity index (χ0) is 20.1. The van der Waals surface area contributed by atoms with Gasteiger partial charge in [0.1, 0.15) is 5.56 Å². The van der Waals surface area contributed by atoms with Crippen LogP contribution in [0.1, 0.15) is 76.7 Å². The van der Waals surface area contributed by atoms with Crippen molar-refractivity contribution in [2.24, 2.45) is 0 Å². The third-order valence-corrected chi connectivity index (χ3v) is 4.11. The average Bonchev–Trinajstić information content (AvgIpc) is 2.67. The summed E-state index contributed by atoms with van der Waals surface area (Å²) >= 11 is 0. The van der Waals surface area contributed by atoms with Crippen LogP contribution in [0, 0.1) is 40.9 Å². The molecule has 0 bridgehead atoms. The molecule has 0 spiro atoms. The molecular weight excluding hydrogens is 363 g/mol. The van der Waals surface area contributed by atoms with Crippen LogP contribution < -0.4 is 0 Å². The molecule has 0 aromatic heterocycles. The summed E-state index contributed by atoms with van der Waals surface area (Å²) in [4.78, 5) is 0. The molecule has 27 heavy (non-hydrogen) atoms. The molecule has 1 rings (SSSR count). The average molecular weight is 390 g/mol. The van der Waals surface area contributed by atoms with E-state index in [1.54, 1.807) is 0 Å². The van der Waals surface area contributed by atoms with E-state index < -0.39 is 34.6 Å². The van der Waals surface area contributed by atoms with Gasteiger partial charge in [-0.2, -0.15) is 0 Å². The molecule has 0 heterocycles. The maximum atomic E-state index is 13.4. The summed E-state index contributed by atoms with van der Waals surface area (Å²) in [5.74, 6) is -5.28. The molecule has 0 radical (unpaired) electrons. The summed E-state index contributed by atoms with van der Waals surface area (Å²) < 4.78 is 71.3. The van der Waals surface area contributed by atoms with Crippen molar-refractivity contribution >= 4 is 0 Å². The molecule has 0 aliphatic carbocycles. The predicted octanol–water partition coefficient (Wildman–Crippen LogP) is 6.67. The molecule has 1 aromatic rings. The lowest BCUT2D eigenvalue weighted by Gasteiger charge is -2.03. The fraction of sp³-hybridized carbons (Fsp3) is 0.619. The zero-order valence-corrected chi connectivity index (χ0v) is 15.8. The molecule has 0 aliphatic heterocycles. The van der Waals surface area contributed by atoms with Crippen molar-refractivity contribution in [1.29, 1.82) is 0 Å². The van der Waals surface area contributed by atoms with Gasteiger partial charge in [0.2, 0.25) is 5.82 Å². The second-order valence-electron chi connectivity index (χ2n) is 6.44. The monoisotopic (exact) mass is 390 g/mol. The minimum absolute atomic E-state index is 0.355. The van der Waals surface area contributed by atoms with Crippen LogP contribution in [0.25, 0.3) is 0 Å². The minimum atomic E-state index is -2.16. The van der Waals surface area contributed by atoms with E-state index in [1.807, 2.05) is 0 Å². The third kappa shape index (κ3) is 8.30. The summed E-state index contributed by atoms with van der Waals surface area (Å²) in [5.41, 5.74) is -1.06. The number of hydrogen-bond acceptors (Lipinski definition) is 1. The number of ether oxygens (including phenoxy) is 1. The highest BCUT2D eigenvalue weighted by molar-refractivity contribution is 5.38. The number of benzene rings is 1. The Labute approximate surface area is 158 Å². The van der Waals surface area contributed by atoms with Crippen molar-refractivity contribution in [3.63, 3.8) is 0 Å². The molecule has 0 saturated carbocycles. The normalized spacial score (nSPS) is 10.7. The van der Waals surface area contributed by atoms with Crippen LogP contribution in [0.2, 0.25) is 0 Å². The first kappa shape index (κ1) is 23.4. The van der Waals surface area contributed by atoms with Gasteiger partial charge in [0.25, 0.3) is 0 Å². The number of halogens is 5. The van der Waals surface area contributed by atoms with Gasteiger partial charge < -0.3 is 4.74 Å². The molecule has 6 heteroatoms. The molecule has 0 saturated heterocycles. The molecule has 1 aromatic carbocycles. The highest BCUT2D eigenvalue weighted by atomic mass is 19.2. The first-order valence-electron chi connectivity index (χ1n) is 9.58. The van der Waals surface area contributed by atoms with Gasteiger partial charge in [-0.15, -0.1) is 0 Å². The second kappa shape index (κ2) is 13.5. The van der Waals surface area contributed by atoms with E-state index in [0.717, 1.165) is 64.6 Å². The van der Waals surface area contributed by atoms with Crippen LogP contribution in [-0.4, -0.2) is 13.2 Å². The smallest absolute Gasteiger partial charge is 0.200 e. The van der Waals surface area contributed by atoms with Gasteiger partial charge in [0, 0.05) is 19.6 Å². The van der Waals surface area contributed by atoms with Gasteiger partial charge in [0.15, 0.2) is 23.3 Å². The fourth-order valence-corrected chi connectivity index (χ4v) is 2.59. The van der Waals surface area contributed by atoms with E-state index in [4.69, 9.17) is 4.74 Å². The first-order valence-corrected chi connectivity index (χ1v) is 9.58. The summed E-state index contributed by atoms with van der Waals surface area (Å²) in [6, 6.07) is 0. The fourth-order valence-electron chi connectivity index (χ4n) is 2.59. The molecule has 0 amide bonds. The van der Waals surface area contributed by atoms with E-state index in [9.17, 15) is 22.0 Å². The maximum absolute atomic E-state index is 13.4. The number of unbranched alkanes of at least 4 members (excludes halogenated alkanes) is 8. The van der Waals surface area contributed by atoms with Crippen LogP contribution in [0.15, 0.2) is 0 Å². The lowest BCUT2D eigenvalue weighted by atomic mass is 10.1. The van der Waals surface area contributed by atoms with Crippen LogP contribution in [-0.2, 0) is 4.74 Å². The van der Waals surface area contributed by atoms with Crippen LogP contribution in [0.3, 0.4) is 0 Å². The highest BCUT2D eigenvalue weighted by Crippen LogP contribution is 2.22. The standard InChI is InChI=1S/C21H27F5O/c1-2-14-27-15-12-10-8-6-4-3-5-7-9-11-13-16-17(22)19(24)21(26)20(25)18(16)23/h2-10,12,14-15H2,1H3. The Morgan fingerprint density at radius 1 is 0.630 bits per heavy atom. The minimum Gasteiger partial charge on any atom is -0.381 e. The maximum Gasteiger partial charge on any atom is 0.200 e. The van der Waals surface area contributed by atoms with Gasteiger partial charge in [0.05, 0.1) is 0 Å². The van der Waals surface area contributed by atoms with Crippen molar-refractivity contribution in [2.45, 2.75) is 71.1 Å². The molecule has 152 valence electrons. The van der Waals surface area contributed by atoms with Gasteiger partial charge in [-0.05, 0) is 19.3 Å². The topological polar surface area (TPSA) is 9.23 Å². The van der Waals surface area contributed by atoms with Gasteiger partial charge in [-0.3, -0.25) is 0 Å². The Balaban J connectivity index is 2.17. The molecule has 0 aliphatic rings. The van der Waals surface area contributed by atoms with E-state index in [1.165, 1.54) is 6.42 Å². The van der Waals surface area contributed by atoms with Crippen molar-refractivity contribution in [2.75, 3.05) is 13.2 Å². The molecule has 0 N–H and O–H groups in total. The van der Waals surface area contributed by atoms with Crippen molar-refractivity contribution in [1.82, 2.24) is 0 Å². The first-order chi connectivity index (χ1) is 13.0. The predicted molar refractivity (Wildman–Crippen MR) is 95.8 cm³/mol.